The van der Waals surface area contributed by atoms with Gasteiger partial charge in [0, 0.05) is 31.1 Å². The zero-order valence-corrected chi connectivity index (χ0v) is 11.9. The summed E-state index contributed by atoms with van der Waals surface area (Å²) in [5.74, 6) is 0.915. The summed E-state index contributed by atoms with van der Waals surface area (Å²) in [6.07, 6.45) is 14.7. The van der Waals surface area contributed by atoms with Crippen molar-refractivity contribution in [3.05, 3.63) is 36.2 Å². The van der Waals surface area contributed by atoms with Crippen LogP contribution in [0.1, 0.15) is 44.1 Å². The molecule has 1 aromatic rings. The molecule has 2 unspecified atom stereocenters. The maximum atomic E-state index is 12.4. The molecule has 1 saturated carbocycles. The number of amides is 1. The van der Waals surface area contributed by atoms with Crippen molar-refractivity contribution in [3.63, 3.8) is 0 Å². The van der Waals surface area contributed by atoms with Crippen molar-refractivity contribution < 1.29 is 4.79 Å². The molecule has 3 nitrogen and oxygen atoms in total. The topological polar surface area (TPSA) is 33.2 Å². The molecule has 1 saturated heterocycles. The first kappa shape index (κ1) is 13.3. The zero-order valence-electron chi connectivity index (χ0n) is 11.9. The summed E-state index contributed by atoms with van der Waals surface area (Å²) in [7, 11) is 0. The highest BCUT2D eigenvalue weighted by Crippen LogP contribution is 2.35. The third kappa shape index (κ3) is 2.92. The van der Waals surface area contributed by atoms with Crippen molar-refractivity contribution in [3.8, 4) is 0 Å². The predicted octanol–water partition coefficient (Wildman–Crippen LogP) is 3.28. The van der Waals surface area contributed by atoms with E-state index in [1.165, 1.54) is 32.1 Å². The molecule has 1 aromatic heterocycles. The predicted molar refractivity (Wildman–Crippen MR) is 80.0 cm³/mol. The van der Waals surface area contributed by atoms with Gasteiger partial charge in [0.05, 0.1) is 0 Å². The maximum Gasteiger partial charge on any atom is 0.246 e. The molecule has 1 aliphatic carbocycles. The normalized spacial score (nSPS) is 26.5. The summed E-state index contributed by atoms with van der Waals surface area (Å²) in [6.45, 7) is 0.928. The van der Waals surface area contributed by atoms with Crippen molar-refractivity contribution in [2.45, 2.75) is 44.6 Å². The minimum absolute atomic E-state index is 0.172. The third-order valence-corrected chi connectivity index (χ3v) is 4.63. The number of nitrogens with zero attached hydrogens (tertiary/aromatic N) is 2. The molecule has 1 amide bonds. The van der Waals surface area contributed by atoms with Crippen molar-refractivity contribution in [1.82, 2.24) is 9.88 Å². The van der Waals surface area contributed by atoms with Crippen molar-refractivity contribution in [2.75, 3.05) is 6.54 Å². The lowest BCUT2D eigenvalue weighted by Crippen LogP contribution is -2.49. The Kier molecular flexibility index (Phi) is 4.14. The number of rotatable bonds is 2. The van der Waals surface area contributed by atoms with Gasteiger partial charge in [0.25, 0.3) is 0 Å². The van der Waals surface area contributed by atoms with E-state index in [9.17, 15) is 4.79 Å². The van der Waals surface area contributed by atoms with Crippen LogP contribution in [-0.2, 0) is 4.79 Å². The number of pyridine rings is 1. The largest absolute Gasteiger partial charge is 0.336 e. The fourth-order valence-corrected chi connectivity index (χ4v) is 3.64. The van der Waals surface area contributed by atoms with Gasteiger partial charge in [-0.25, -0.2) is 0 Å². The molecular formula is C17H22N2O. The second kappa shape index (κ2) is 6.21. The highest BCUT2D eigenvalue weighted by Gasteiger charge is 2.34. The van der Waals surface area contributed by atoms with Crippen LogP contribution < -0.4 is 0 Å². The maximum absolute atomic E-state index is 12.4. The van der Waals surface area contributed by atoms with E-state index >= 15 is 0 Å². The molecule has 20 heavy (non-hydrogen) atoms. The van der Waals surface area contributed by atoms with E-state index in [4.69, 9.17) is 0 Å². The van der Waals surface area contributed by atoms with Gasteiger partial charge in [0.2, 0.25) is 5.91 Å². The molecule has 0 N–H and O–H groups in total. The zero-order chi connectivity index (χ0) is 13.8. The Morgan fingerprint density at radius 2 is 2.10 bits per heavy atom. The SMILES string of the molecule is O=C(/C=C/c1cccnc1)N1CCCC2CCCCC21. The van der Waals surface area contributed by atoms with Crippen molar-refractivity contribution in [1.29, 1.82) is 0 Å². The van der Waals surface area contributed by atoms with E-state index < -0.39 is 0 Å². The Morgan fingerprint density at radius 1 is 1.25 bits per heavy atom. The number of likely N-dealkylation sites (tertiary alicyclic amines) is 1. The molecule has 0 spiro atoms. The van der Waals surface area contributed by atoms with E-state index in [-0.39, 0.29) is 5.91 Å². The van der Waals surface area contributed by atoms with Crippen molar-refractivity contribution in [2.24, 2.45) is 5.92 Å². The molecule has 2 heterocycles. The van der Waals surface area contributed by atoms with Gasteiger partial charge in [-0.1, -0.05) is 18.9 Å². The van der Waals surface area contributed by atoms with Gasteiger partial charge in [-0.15, -0.1) is 0 Å². The Balaban J connectivity index is 1.68. The summed E-state index contributed by atoms with van der Waals surface area (Å²) >= 11 is 0. The van der Waals surface area contributed by atoms with E-state index in [0.29, 0.717) is 6.04 Å². The number of hydrogen-bond acceptors (Lipinski definition) is 2. The highest BCUT2D eigenvalue weighted by molar-refractivity contribution is 5.92. The first-order valence-corrected chi connectivity index (χ1v) is 7.73. The lowest BCUT2D eigenvalue weighted by atomic mass is 9.78. The first-order valence-electron chi connectivity index (χ1n) is 7.73. The van der Waals surface area contributed by atoms with Crippen LogP contribution in [0.25, 0.3) is 6.08 Å². The number of piperidine rings is 1. The lowest BCUT2D eigenvalue weighted by molar-refractivity contribution is -0.132. The van der Waals surface area contributed by atoms with E-state index in [1.807, 2.05) is 18.2 Å². The summed E-state index contributed by atoms with van der Waals surface area (Å²) in [5, 5.41) is 0. The van der Waals surface area contributed by atoms with Crippen LogP contribution in [0, 0.1) is 5.92 Å². The molecule has 0 radical (unpaired) electrons. The van der Waals surface area contributed by atoms with Crippen LogP contribution in [0.3, 0.4) is 0 Å². The second-order valence-corrected chi connectivity index (χ2v) is 5.91. The van der Waals surface area contributed by atoms with Crippen LogP contribution in [0.5, 0.6) is 0 Å². The first-order chi connectivity index (χ1) is 9.84. The average Bonchev–Trinajstić information content (AvgIpc) is 2.53. The van der Waals surface area contributed by atoms with Crippen LogP contribution >= 0.6 is 0 Å². The van der Waals surface area contributed by atoms with Crippen LogP contribution in [0.4, 0.5) is 0 Å². The Bertz CT molecular complexity index is 481. The third-order valence-electron chi connectivity index (χ3n) is 4.63. The number of fused-ring (bicyclic) bond motifs is 1. The van der Waals surface area contributed by atoms with Gasteiger partial charge >= 0.3 is 0 Å². The van der Waals surface area contributed by atoms with Gasteiger partial charge in [0.1, 0.15) is 0 Å². The van der Waals surface area contributed by atoms with Gasteiger partial charge in [-0.2, -0.15) is 0 Å². The van der Waals surface area contributed by atoms with Crippen molar-refractivity contribution >= 4 is 12.0 Å². The molecule has 3 heteroatoms. The summed E-state index contributed by atoms with van der Waals surface area (Å²) in [4.78, 5) is 18.6. The fraction of sp³-hybridized carbons (Fsp3) is 0.529. The molecule has 106 valence electrons. The van der Waals surface area contributed by atoms with Gasteiger partial charge in [0.15, 0.2) is 0 Å². The number of carbonyl (C=O) groups is 1. The molecule has 0 aromatic carbocycles. The minimum atomic E-state index is 0.172. The standard InChI is InChI=1S/C17H22N2O/c20-17(10-9-14-5-3-11-18-13-14)19-12-4-7-15-6-1-2-8-16(15)19/h3,5,9-11,13,15-16H,1-2,4,6-8,12H2/b10-9+. The lowest BCUT2D eigenvalue weighted by Gasteiger charge is -2.43. The summed E-state index contributed by atoms with van der Waals surface area (Å²) in [6, 6.07) is 4.35. The average molecular weight is 270 g/mol. The van der Waals surface area contributed by atoms with Crippen LogP contribution in [0.2, 0.25) is 0 Å². The monoisotopic (exact) mass is 270 g/mol. The Morgan fingerprint density at radius 3 is 2.95 bits per heavy atom. The Hall–Kier alpha value is -1.64. The highest BCUT2D eigenvalue weighted by atomic mass is 16.2. The fourth-order valence-electron chi connectivity index (χ4n) is 3.64. The molecule has 3 rings (SSSR count). The Labute approximate surface area is 120 Å². The molecular weight excluding hydrogens is 248 g/mol. The van der Waals surface area contributed by atoms with E-state index in [0.717, 1.165) is 24.4 Å². The van der Waals surface area contributed by atoms with E-state index in [2.05, 4.69) is 9.88 Å². The van der Waals surface area contributed by atoms with Crippen LogP contribution in [-0.4, -0.2) is 28.4 Å². The molecule has 1 aliphatic heterocycles. The minimum Gasteiger partial charge on any atom is -0.336 e. The van der Waals surface area contributed by atoms with Gasteiger partial charge < -0.3 is 4.90 Å². The molecule has 2 aliphatic rings. The molecule has 2 atom stereocenters. The smallest absolute Gasteiger partial charge is 0.246 e. The van der Waals surface area contributed by atoms with Crippen LogP contribution in [0.15, 0.2) is 30.6 Å². The number of carbonyl (C=O) groups excluding carboxylic acids is 1. The van der Waals surface area contributed by atoms with Gasteiger partial charge in [-0.3, -0.25) is 9.78 Å². The second-order valence-electron chi connectivity index (χ2n) is 5.91. The number of hydrogen-bond donors (Lipinski definition) is 0. The number of aromatic nitrogens is 1. The summed E-state index contributed by atoms with van der Waals surface area (Å²) < 4.78 is 0. The van der Waals surface area contributed by atoms with E-state index in [1.54, 1.807) is 18.5 Å². The molecule has 2 fully saturated rings. The van der Waals surface area contributed by atoms with Gasteiger partial charge in [-0.05, 0) is 49.3 Å². The quantitative estimate of drug-likeness (QED) is 0.773. The summed E-state index contributed by atoms with van der Waals surface area (Å²) in [5.41, 5.74) is 0.984. The molecule has 0 bridgehead atoms.